The fraction of sp³-hybridized carbons (Fsp3) is 1.00. The fourth-order valence-electron chi connectivity index (χ4n) is 1.00. The van der Waals surface area contributed by atoms with Crippen LogP contribution in [0.5, 0.6) is 0 Å². The molecule has 0 spiro atoms. The highest BCUT2D eigenvalue weighted by atomic mass is 16.7. The van der Waals surface area contributed by atoms with Crippen LogP contribution in [0.3, 0.4) is 0 Å². The minimum Gasteiger partial charge on any atom is -0.396 e. The largest absolute Gasteiger partial charge is 0.396 e. The Balaban J connectivity index is 3.49. The van der Waals surface area contributed by atoms with Gasteiger partial charge in [-0.1, -0.05) is 6.92 Å². The van der Waals surface area contributed by atoms with Gasteiger partial charge in [-0.3, -0.25) is 0 Å². The van der Waals surface area contributed by atoms with E-state index in [1.54, 1.807) is 0 Å². The van der Waals surface area contributed by atoms with E-state index in [4.69, 9.17) is 19.7 Å². The third kappa shape index (κ3) is 8.44. The van der Waals surface area contributed by atoms with Gasteiger partial charge in [0.25, 0.3) is 0 Å². The third-order valence-electron chi connectivity index (χ3n) is 1.71. The Bertz CT molecular complexity index is 100. The maximum atomic E-state index is 8.66. The monoisotopic (exact) mass is 206 g/mol. The van der Waals surface area contributed by atoms with Crippen molar-refractivity contribution in [1.82, 2.24) is 0 Å². The number of aliphatic hydroxyl groups is 2. The van der Waals surface area contributed by atoms with E-state index < -0.39 is 0 Å². The van der Waals surface area contributed by atoms with Crippen molar-refractivity contribution in [2.75, 3.05) is 26.4 Å². The van der Waals surface area contributed by atoms with Crippen LogP contribution in [0.15, 0.2) is 0 Å². The summed E-state index contributed by atoms with van der Waals surface area (Å²) in [6, 6.07) is 0. The molecule has 0 aliphatic heterocycles. The second-order valence-corrected chi connectivity index (χ2v) is 3.11. The quantitative estimate of drug-likeness (QED) is 0.412. The number of ether oxygens (including phenoxy) is 2. The third-order valence-corrected chi connectivity index (χ3v) is 1.71. The Labute approximate surface area is 85.8 Å². The van der Waals surface area contributed by atoms with Gasteiger partial charge in [0.05, 0.1) is 6.61 Å². The zero-order valence-electron chi connectivity index (χ0n) is 8.95. The second-order valence-electron chi connectivity index (χ2n) is 3.11. The number of rotatable bonds is 10. The number of aliphatic hydroxyl groups excluding tert-OH is 2. The van der Waals surface area contributed by atoms with Crippen molar-refractivity contribution in [2.24, 2.45) is 0 Å². The Morgan fingerprint density at radius 3 is 2.21 bits per heavy atom. The van der Waals surface area contributed by atoms with E-state index in [0.29, 0.717) is 32.5 Å². The average molecular weight is 206 g/mol. The first-order valence-electron chi connectivity index (χ1n) is 5.30. The minimum atomic E-state index is -0.228. The van der Waals surface area contributed by atoms with Crippen LogP contribution in [0.4, 0.5) is 0 Å². The summed E-state index contributed by atoms with van der Waals surface area (Å²) in [5, 5.41) is 17.2. The molecular formula is C10H22O4. The Hall–Kier alpha value is -0.160. The molecule has 0 rings (SSSR count). The van der Waals surface area contributed by atoms with E-state index >= 15 is 0 Å². The second kappa shape index (κ2) is 10.9. The van der Waals surface area contributed by atoms with Crippen LogP contribution >= 0.6 is 0 Å². The molecule has 0 amide bonds. The molecule has 0 aliphatic carbocycles. The summed E-state index contributed by atoms with van der Waals surface area (Å²) in [6.07, 6.45) is 2.76. The van der Waals surface area contributed by atoms with Gasteiger partial charge in [-0.05, 0) is 19.3 Å². The van der Waals surface area contributed by atoms with Gasteiger partial charge in [-0.2, -0.15) is 0 Å². The van der Waals surface area contributed by atoms with Crippen LogP contribution in [-0.2, 0) is 9.47 Å². The van der Waals surface area contributed by atoms with E-state index in [-0.39, 0.29) is 19.5 Å². The Kier molecular flexibility index (Phi) is 10.8. The number of hydrogen-bond acceptors (Lipinski definition) is 4. The topological polar surface area (TPSA) is 58.9 Å². The first kappa shape index (κ1) is 13.8. The number of hydrogen-bond donors (Lipinski definition) is 2. The molecule has 0 saturated carbocycles. The first-order valence-corrected chi connectivity index (χ1v) is 5.30. The van der Waals surface area contributed by atoms with Gasteiger partial charge in [-0.15, -0.1) is 0 Å². The molecule has 2 N–H and O–H groups in total. The molecule has 0 aliphatic rings. The summed E-state index contributed by atoms with van der Waals surface area (Å²) < 4.78 is 10.8. The molecule has 4 heteroatoms. The van der Waals surface area contributed by atoms with Gasteiger partial charge in [-0.25, -0.2) is 0 Å². The summed E-state index contributed by atoms with van der Waals surface area (Å²) in [5.74, 6) is 0. The molecule has 1 unspecified atom stereocenters. The standard InChI is InChI=1S/C10H22O4/c1-2-8-13-10(5-3-6-11)14-9-4-7-12/h10-12H,2-9H2,1H3. The van der Waals surface area contributed by atoms with Crippen molar-refractivity contribution >= 4 is 0 Å². The minimum absolute atomic E-state index is 0.139. The van der Waals surface area contributed by atoms with Crippen LogP contribution < -0.4 is 0 Å². The van der Waals surface area contributed by atoms with Gasteiger partial charge < -0.3 is 19.7 Å². The van der Waals surface area contributed by atoms with E-state index in [2.05, 4.69) is 0 Å². The van der Waals surface area contributed by atoms with Crippen molar-refractivity contribution in [3.8, 4) is 0 Å². The van der Waals surface area contributed by atoms with E-state index in [1.807, 2.05) is 6.92 Å². The van der Waals surface area contributed by atoms with Gasteiger partial charge in [0.1, 0.15) is 0 Å². The predicted molar refractivity (Wildman–Crippen MR) is 54.0 cm³/mol. The van der Waals surface area contributed by atoms with E-state index in [1.165, 1.54) is 0 Å². The lowest BCUT2D eigenvalue weighted by molar-refractivity contribution is -0.148. The Morgan fingerprint density at radius 2 is 1.64 bits per heavy atom. The van der Waals surface area contributed by atoms with Crippen molar-refractivity contribution in [1.29, 1.82) is 0 Å². The first-order chi connectivity index (χ1) is 6.85. The summed E-state index contributed by atoms with van der Waals surface area (Å²) in [6.45, 7) is 3.53. The molecule has 0 saturated heterocycles. The van der Waals surface area contributed by atoms with Crippen LogP contribution in [0.2, 0.25) is 0 Å². The Morgan fingerprint density at radius 1 is 1.00 bits per heavy atom. The summed E-state index contributed by atoms with van der Waals surface area (Å²) in [4.78, 5) is 0. The molecule has 86 valence electrons. The molecule has 1 atom stereocenters. The van der Waals surface area contributed by atoms with E-state index in [0.717, 1.165) is 6.42 Å². The zero-order chi connectivity index (χ0) is 10.6. The molecular weight excluding hydrogens is 184 g/mol. The highest BCUT2D eigenvalue weighted by molar-refractivity contribution is 4.46. The van der Waals surface area contributed by atoms with Gasteiger partial charge in [0, 0.05) is 26.2 Å². The molecule has 0 fully saturated rings. The lowest BCUT2D eigenvalue weighted by Gasteiger charge is -2.17. The van der Waals surface area contributed by atoms with Crippen molar-refractivity contribution in [2.45, 2.75) is 38.9 Å². The van der Waals surface area contributed by atoms with Crippen molar-refractivity contribution in [3.63, 3.8) is 0 Å². The van der Waals surface area contributed by atoms with Crippen molar-refractivity contribution < 1.29 is 19.7 Å². The molecule has 0 radical (unpaired) electrons. The molecule has 0 aromatic rings. The molecule has 14 heavy (non-hydrogen) atoms. The maximum absolute atomic E-state index is 8.66. The highest BCUT2D eigenvalue weighted by Crippen LogP contribution is 2.05. The van der Waals surface area contributed by atoms with Crippen LogP contribution in [0, 0.1) is 0 Å². The van der Waals surface area contributed by atoms with Crippen LogP contribution in [0.1, 0.15) is 32.6 Å². The molecule has 0 heterocycles. The molecule has 0 bridgehead atoms. The van der Waals surface area contributed by atoms with E-state index in [9.17, 15) is 0 Å². The van der Waals surface area contributed by atoms with Gasteiger partial charge in [0.15, 0.2) is 6.29 Å². The van der Waals surface area contributed by atoms with Gasteiger partial charge >= 0.3 is 0 Å². The lowest BCUT2D eigenvalue weighted by atomic mass is 10.3. The smallest absolute Gasteiger partial charge is 0.157 e. The molecule has 0 aromatic carbocycles. The summed E-state index contributed by atoms with van der Waals surface area (Å²) >= 11 is 0. The highest BCUT2D eigenvalue weighted by Gasteiger charge is 2.07. The average Bonchev–Trinajstić information content (AvgIpc) is 2.21. The maximum Gasteiger partial charge on any atom is 0.157 e. The summed E-state index contributed by atoms with van der Waals surface area (Å²) in [5.41, 5.74) is 0. The molecule has 0 aromatic heterocycles. The molecule has 4 nitrogen and oxygen atoms in total. The van der Waals surface area contributed by atoms with Crippen molar-refractivity contribution in [3.05, 3.63) is 0 Å². The summed E-state index contributed by atoms with van der Waals surface area (Å²) in [7, 11) is 0. The predicted octanol–water partition coefficient (Wildman–Crippen LogP) is 0.911. The van der Waals surface area contributed by atoms with Gasteiger partial charge in [0.2, 0.25) is 0 Å². The lowest BCUT2D eigenvalue weighted by Crippen LogP contribution is -2.19. The fourth-order valence-corrected chi connectivity index (χ4v) is 1.00. The normalized spacial score (nSPS) is 13.1. The van der Waals surface area contributed by atoms with Crippen LogP contribution in [-0.4, -0.2) is 42.9 Å². The SMILES string of the molecule is CCCOC(CCCO)OCCCO. The van der Waals surface area contributed by atoms with Crippen LogP contribution in [0.25, 0.3) is 0 Å². The zero-order valence-corrected chi connectivity index (χ0v) is 8.95.